The zero-order chi connectivity index (χ0) is 14.0. The van der Waals surface area contributed by atoms with Crippen LogP contribution < -0.4 is 5.32 Å². The van der Waals surface area contributed by atoms with Crippen LogP contribution in [0.25, 0.3) is 0 Å². The van der Waals surface area contributed by atoms with Gasteiger partial charge in [-0.3, -0.25) is 4.79 Å². The molecule has 1 N–H and O–H groups in total. The minimum Gasteiger partial charge on any atom is -0.322 e. The van der Waals surface area contributed by atoms with E-state index in [1.807, 2.05) is 0 Å². The molecule has 2 aromatic carbocycles. The minimum absolute atomic E-state index is 0.414. The van der Waals surface area contributed by atoms with E-state index in [-0.39, 0.29) is 0 Å². The van der Waals surface area contributed by atoms with Crippen molar-refractivity contribution in [3.05, 3.63) is 63.9 Å². The highest BCUT2D eigenvalue weighted by Gasteiger charge is 2.18. The molecule has 2 nitrogen and oxygen atoms in total. The fourth-order valence-electron chi connectivity index (χ4n) is 1.43. The van der Waals surface area contributed by atoms with Crippen LogP contribution in [0.5, 0.6) is 0 Å². The van der Waals surface area contributed by atoms with Crippen LogP contribution in [0.2, 0.25) is 0 Å². The average molecular weight is 330 g/mol. The number of hydrogen-bond donors (Lipinski definition) is 1. The maximum Gasteiger partial charge on any atom is 0.258 e. The highest BCUT2D eigenvalue weighted by Crippen LogP contribution is 2.18. The quantitative estimate of drug-likeness (QED) is 0.825. The predicted octanol–water partition coefficient (Wildman–Crippen LogP) is 4.12. The number of anilines is 1. The number of benzene rings is 2. The minimum atomic E-state index is -1.66. The molecule has 0 aromatic heterocycles. The Morgan fingerprint density at radius 1 is 0.947 bits per heavy atom. The Labute approximate surface area is 115 Å². The molecule has 0 heterocycles. The van der Waals surface area contributed by atoms with Crippen molar-refractivity contribution in [1.29, 1.82) is 0 Å². The predicted molar refractivity (Wildman–Crippen MR) is 68.4 cm³/mol. The summed E-state index contributed by atoms with van der Waals surface area (Å²) in [6.07, 6.45) is 0. The van der Waals surface area contributed by atoms with E-state index in [0.717, 1.165) is 10.5 Å². The van der Waals surface area contributed by atoms with Gasteiger partial charge in [0.1, 0.15) is 0 Å². The number of rotatable bonds is 2. The molecule has 0 fully saturated rings. The standard InChI is InChI=1S/C13H7BrF3NO/c14-7-1-3-8(4-2-7)18-13(19)9-5-6-10(15)12(17)11(9)16/h1-6H,(H,18,19). The summed E-state index contributed by atoms with van der Waals surface area (Å²) >= 11 is 3.22. The molecule has 19 heavy (non-hydrogen) atoms. The summed E-state index contributed by atoms with van der Waals surface area (Å²) in [5, 5.41) is 2.38. The molecule has 98 valence electrons. The van der Waals surface area contributed by atoms with Gasteiger partial charge >= 0.3 is 0 Å². The van der Waals surface area contributed by atoms with E-state index in [0.29, 0.717) is 11.8 Å². The van der Waals surface area contributed by atoms with Gasteiger partial charge in [0.15, 0.2) is 17.5 Å². The Kier molecular flexibility index (Phi) is 3.90. The average Bonchev–Trinajstić information content (AvgIpc) is 2.39. The Hall–Kier alpha value is -1.82. The van der Waals surface area contributed by atoms with Gasteiger partial charge in [0.05, 0.1) is 5.56 Å². The van der Waals surface area contributed by atoms with E-state index in [1.54, 1.807) is 24.3 Å². The normalized spacial score (nSPS) is 10.3. The number of nitrogens with one attached hydrogen (secondary N) is 1. The lowest BCUT2D eigenvalue weighted by Crippen LogP contribution is -2.15. The Balaban J connectivity index is 2.25. The lowest BCUT2D eigenvalue weighted by Gasteiger charge is -2.07. The fraction of sp³-hybridized carbons (Fsp3) is 0. The first-order valence-corrected chi connectivity index (χ1v) is 5.99. The number of halogens is 4. The maximum atomic E-state index is 13.4. The summed E-state index contributed by atoms with van der Waals surface area (Å²) < 4.78 is 40.0. The van der Waals surface area contributed by atoms with Crippen LogP contribution >= 0.6 is 15.9 Å². The lowest BCUT2D eigenvalue weighted by molar-refractivity contribution is 0.102. The van der Waals surface area contributed by atoms with Gasteiger partial charge in [-0.15, -0.1) is 0 Å². The third kappa shape index (κ3) is 2.96. The molecule has 0 bridgehead atoms. The molecule has 0 aliphatic heterocycles. The smallest absolute Gasteiger partial charge is 0.258 e. The second kappa shape index (κ2) is 5.44. The zero-order valence-electron chi connectivity index (χ0n) is 9.38. The van der Waals surface area contributed by atoms with E-state index in [1.165, 1.54) is 0 Å². The number of amides is 1. The van der Waals surface area contributed by atoms with Crippen LogP contribution in [0, 0.1) is 17.5 Å². The third-order valence-corrected chi connectivity index (χ3v) is 2.91. The first-order chi connectivity index (χ1) is 8.99. The summed E-state index contributed by atoms with van der Waals surface area (Å²) in [5.41, 5.74) is -0.140. The lowest BCUT2D eigenvalue weighted by atomic mass is 10.1. The van der Waals surface area contributed by atoms with Gasteiger partial charge in [0, 0.05) is 10.2 Å². The summed E-state index contributed by atoms with van der Waals surface area (Å²) in [6.45, 7) is 0. The molecule has 2 aromatic rings. The van der Waals surface area contributed by atoms with Gasteiger partial charge in [-0.25, -0.2) is 13.2 Å². The van der Waals surface area contributed by atoms with Crippen molar-refractivity contribution in [2.24, 2.45) is 0 Å². The SMILES string of the molecule is O=C(Nc1ccc(Br)cc1)c1ccc(F)c(F)c1F. The summed E-state index contributed by atoms with van der Waals surface area (Å²) in [5.74, 6) is -5.35. The first kappa shape index (κ1) is 13.6. The van der Waals surface area contributed by atoms with Crippen molar-refractivity contribution in [2.45, 2.75) is 0 Å². The Bertz CT molecular complexity index is 629. The molecule has 0 atom stereocenters. The van der Waals surface area contributed by atoms with E-state index in [2.05, 4.69) is 21.2 Å². The monoisotopic (exact) mass is 329 g/mol. The van der Waals surface area contributed by atoms with Gasteiger partial charge in [-0.1, -0.05) is 15.9 Å². The third-order valence-electron chi connectivity index (χ3n) is 2.38. The van der Waals surface area contributed by atoms with Gasteiger partial charge in [-0.2, -0.15) is 0 Å². The highest BCUT2D eigenvalue weighted by molar-refractivity contribution is 9.10. The molecule has 1 amide bonds. The number of carbonyl (C=O) groups excluding carboxylic acids is 1. The second-order valence-corrected chi connectivity index (χ2v) is 4.60. The van der Waals surface area contributed by atoms with Crippen LogP contribution in [0.1, 0.15) is 10.4 Å². The van der Waals surface area contributed by atoms with Gasteiger partial charge in [-0.05, 0) is 36.4 Å². The Morgan fingerprint density at radius 3 is 2.21 bits per heavy atom. The summed E-state index contributed by atoms with van der Waals surface area (Å²) in [4.78, 5) is 11.7. The topological polar surface area (TPSA) is 29.1 Å². The van der Waals surface area contributed by atoms with Crippen molar-refractivity contribution < 1.29 is 18.0 Å². The number of carbonyl (C=O) groups is 1. The molecule has 0 unspecified atom stereocenters. The van der Waals surface area contributed by atoms with Crippen molar-refractivity contribution in [2.75, 3.05) is 5.32 Å². The first-order valence-electron chi connectivity index (χ1n) is 5.19. The summed E-state index contributed by atoms with van der Waals surface area (Å²) in [6, 6.07) is 8.12. The fourth-order valence-corrected chi connectivity index (χ4v) is 1.70. The van der Waals surface area contributed by atoms with Crippen LogP contribution in [0.15, 0.2) is 40.9 Å². The van der Waals surface area contributed by atoms with Crippen molar-refractivity contribution in [3.8, 4) is 0 Å². The molecule has 0 saturated heterocycles. The summed E-state index contributed by atoms with van der Waals surface area (Å²) in [7, 11) is 0. The van der Waals surface area contributed by atoms with Crippen LogP contribution in [0.4, 0.5) is 18.9 Å². The molecule has 0 spiro atoms. The molecule has 0 aliphatic rings. The van der Waals surface area contributed by atoms with E-state index in [4.69, 9.17) is 0 Å². The Morgan fingerprint density at radius 2 is 1.58 bits per heavy atom. The zero-order valence-corrected chi connectivity index (χ0v) is 11.0. The molecule has 0 aliphatic carbocycles. The van der Waals surface area contributed by atoms with E-state index < -0.39 is 28.9 Å². The molecule has 2 rings (SSSR count). The molecular weight excluding hydrogens is 323 g/mol. The van der Waals surface area contributed by atoms with Gasteiger partial charge in [0.2, 0.25) is 0 Å². The van der Waals surface area contributed by atoms with Crippen molar-refractivity contribution in [3.63, 3.8) is 0 Å². The van der Waals surface area contributed by atoms with Gasteiger partial charge < -0.3 is 5.32 Å². The maximum absolute atomic E-state index is 13.4. The molecule has 0 saturated carbocycles. The van der Waals surface area contributed by atoms with Gasteiger partial charge in [0.25, 0.3) is 5.91 Å². The van der Waals surface area contributed by atoms with E-state index >= 15 is 0 Å². The van der Waals surface area contributed by atoms with Crippen LogP contribution in [-0.4, -0.2) is 5.91 Å². The number of hydrogen-bond acceptors (Lipinski definition) is 1. The molecular formula is C13H7BrF3NO. The largest absolute Gasteiger partial charge is 0.322 e. The van der Waals surface area contributed by atoms with Crippen LogP contribution in [0.3, 0.4) is 0 Å². The molecule has 0 radical (unpaired) electrons. The van der Waals surface area contributed by atoms with Crippen molar-refractivity contribution in [1.82, 2.24) is 0 Å². The van der Waals surface area contributed by atoms with Crippen molar-refractivity contribution >= 4 is 27.5 Å². The van der Waals surface area contributed by atoms with E-state index in [9.17, 15) is 18.0 Å². The molecule has 6 heteroatoms. The second-order valence-electron chi connectivity index (χ2n) is 3.68. The highest BCUT2D eigenvalue weighted by atomic mass is 79.9. The van der Waals surface area contributed by atoms with Crippen LogP contribution in [-0.2, 0) is 0 Å².